The minimum atomic E-state index is -4.49. The summed E-state index contributed by atoms with van der Waals surface area (Å²) in [5.74, 6) is -1.35. The molecule has 0 unspecified atom stereocenters. The smallest absolute Gasteiger partial charge is 0.416 e. The van der Waals surface area contributed by atoms with Crippen molar-refractivity contribution < 1.29 is 30.8 Å². The number of nitrogens with one attached hydrogen (secondary N) is 1. The van der Waals surface area contributed by atoms with Crippen LogP contribution in [0.15, 0.2) is 81.6 Å². The molecule has 0 fully saturated rings. The average molecular weight is 493 g/mol. The fourth-order valence-electron chi connectivity index (χ4n) is 3.04. The SMILES string of the molecule is O=C(Nc1nc(-c2cccc(C(F)(F)F)c2)cs1)c1occc1CS(=O)(=O)c1ccccc1. The van der Waals surface area contributed by atoms with Crippen molar-refractivity contribution in [2.75, 3.05) is 5.32 Å². The lowest BCUT2D eigenvalue weighted by Crippen LogP contribution is -2.14. The maximum absolute atomic E-state index is 13.0. The monoisotopic (exact) mass is 492 g/mol. The van der Waals surface area contributed by atoms with Crippen molar-refractivity contribution in [3.8, 4) is 11.3 Å². The number of benzene rings is 2. The number of hydrogen-bond donors (Lipinski definition) is 1. The highest BCUT2D eigenvalue weighted by atomic mass is 32.2. The first-order valence-corrected chi connectivity index (χ1v) is 12.0. The first-order valence-electron chi connectivity index (χ1n) is 9.42. The van der Waals surface area contributed by atoms with Gasteiger partial charge in [-0.25, -0.2) is 13.4 Å². The highest BCUT2D eigenvalue weighted by Gasteiger charge is 2.30. The van der Waals surface area contributed by atoms with Gasteiger partial charge in [0.25, 0.3) is 5.91 Å². The molecule has 33 heavy (non-hydrogen) atoms. The summed E-state index contributed by atoms with van der Waals surface area (Å²) in [6.07, 6.45) is -3.28. The molecular formula is C22H15F3N2O4S2. The van der Waals surface area contributed by atoms with Gasteiger partial charge in [0, 0.05) is 16.5 Å². The number of amides is 1. The molecule has 0 aliphatic rings. The Hall–Kier alpha value is -3.44. The fraction of sp³-hybridized carbons (Fsp3) is 0.0909. The highest BCUT2D eigenvalue weighted by Crippen LogP contribution is 2.33. The van der Waals surface area contributed by atoms with Gasteiger partial charge in [-0.1, -0.05) is 30.3 Å². The molecule has 0 saturated heterocycles. The Bertz CT molecular complexity index is 1390. The van der Waals surface area contributed by atoms with Crippen LogP contribution >= 0.6 is 11.3 Å². The number of anilines is 1. The van der Waals surface area contributed by atoms with Crippen LogP contribution in [0.5, 0.6) is 0 Å². The Morgan fingerprint density at radius 2 is 1.82 bits per heavy atom. The minimum Gasteiger partial charge on any atom is -0.459 e. The molecule has 0 atom stereocenters. The van der Waals surface area contributed by atoms with Gasteiger partial charge in [-0.3, -0.25) is 10.1 Å². The van der Waals surface area contributed by atoms with Gasteiger partial charge >= 0.3 is 6.18 Å². The molecule has 2 heterocycles. The normalized spacial score (nSPS) is 12.0. The third kappa shape index (κ3) is 5.15. The number of carbonyl (C=O) groups is 1. The molecule has 11 heteroatoms. The lowest BCUT2D eigenvalue weighted by molar-refractivity contribution is -0.137. The molecular weight excluding hydrogens is 477 g/mol. The van der Waals surface area contributed by atoms with Crippen LogP contribution < -0.4 is 5.32 Å². The van der Waals surface area contributed by atoms with Gasteiger partial charge in [0.2, 0.25) is 0 Å². The van der Waals surface area contributed by atoms with E-state index in [4.69, 9.17) is 4.42 Å². The highest BCUT2D eigenvalue weighted by molar-refractivity contribution is 7.90. The van der Waals surface area contributed by atoms with Gasteiger partial charge in [-0.2, -0.15) is 13.2 Å². The van der Waals surface area contributed by atoms with Crippen LogP contribution in [0.2, 0.25) is 0 Å². The molecule has 1 N–H and O–H groups in total. The summed E-state index contributed by atoms with van der Waals surface area (Å²) in [4.78, 5) is 16.9. The van der Waals surface area contributed by atoms with Crippen LogP contribution in [0.25, 0.3) is 11.3 Å². The van der Waals surface area contributed by atoms with Crippen molar-refractivity contribution in [3.63, 3.8) is 0 Å². The van der Waals surface area contributed by atoms with Crippen LogP contribution in [-0.2, 0) is 21.8 Å². The second-order valence-electron chi connectivity index (χ2n) is 6.92. The van der Waals surface area contributed by atoms with E-state index in [1.54, 1.807) is 18.2 Å². The lowest BCUT2D eigenvalue weighted by Gasteiger charge is -2.07. The van der Waals surface area contributed by atoms with E-state index in [1.165, 1.54) is 42.0 Å². The first kappa shape index (κ1) is 22.7. The van der Waals surface area contributed by atoms with Crippen LogP contribution in [0.4, 0.5) is 18.3 Å². The van der Waals surface area contributed by atoms with Crippen molar-refractivity contribution in [2.45, 2.75) is 16.8 Å². The summed E-state index contributed by atoms with van der Waals surface area (Å²) in [7, 11) is -3.71. The number of thiazole rings is 1. The van der Waals surface area contributed by atoms with Crippen molar-refractivity contribution in [1.82, 2.24) is 4.98 Å². The molecule has 0 bridgehead atoms. The Morgan fingerprint density at radius 3 is 2.55 bits per heavy atom. The standard InChI is InChI=1S/C22H15F3N2O4S2/c23-22(24,25)16-6-4-5-14(11-16)18-12-32-21(26-18)27-20(28)19-15(9-10-31-19)13-33(29,30)17-7-2-1-3-8-17/h1-12H,13H2,(H,26,27,28). The molecule has 2 aromatic heterocycles. The predicted octanol–water partition coefficient (Wildman–Crippen LogP) is 5.65. The predicted molar refractivity (Wildman–Crippen MR) is 117 cm³/mol. The van der Waals surface area contributed by atoms with E-state index in [0.717, 1.165) is 23.5 Å². The zero-order valence-corrected chi connectivity index (χ0v) is 18.3. The first-order chi connectivity index (χ1) is 15.6. The van der Waals surface area contributed by atoms with E-state index in [-0.39, 0.29) is 32.6 Å². The van der Waals surface area contributed by atoms with Crippen molar-refractivity contribution in [2.24, 2.45) is 0 Å². The third-order valence-corrected chi connectivity index (χ3v) is 7.05. The fourth-order valence-corrected chi connectivity index (χ4v) is 5.13. The summed E-state index contributed by atoms with van der Waals surface area (Å²) in [6.45, 7) is 0. The topological polar surface area (TPSA) is 89.3 Å². The lowest BCUT2D eigenvalue weighted by atomic mass is 10.1. The van der Waals surface area contributed by atoms with Crippen LogP contribution in [0.1, 0.15) is 21.7 Å². The van der Waals surface area contributed by atoms with Gasteiger partial charge in [0.1, 0.15) is 0 Å². The van der Waals surface area contributed by atoms with E-state index in [2.05, 4.69) is 10.3 Å². The Morgan fingerprint density at radius 1 is 1.06 bits per heavy atom. The molecule has 0 spiro atoms. The summed E-state index contributed by atoms with van der Waals surface area (Å²) < 4.78 is 69.3. The van der Waals surface area contributed by atoms with E-state index >= 15 is 0 Å². The van der Waals surface area contributed by atoms with Crippen LogP contribution in [-0.4, -0.2) is 19.3 Å². The van der Waals surface area contributed by atoms with Gasteiger partial charge in [-0.05, 0) is 30.3 Å². The van der Waals surface area contributed by atoms with E-state index in [0.29, 0.717) is 0 Å². The van der Waals surface area contributed by atoms with Crippen molar-refractivity contribution in [3.05, 3.63) is 89.2 Å². The maximum atomic E-state index is 13.0. The second kappa shape index (κ2) is 8.83. The maximum Gasteiger partial charge on any atom is 0.416 e. The number of carbonyl (C=O) groups excluding carboxylic acids is 1. The number of alkyl halides is 3. The van der Waals surface area contributed by atoms with E-state index in [9.17, 15) is 26.4 Å². The molecule has 1 amide bonds. The van der Waals surface area contributed by atoms with Gasteiger partial charge in [0.05, 0.1) is 28.2 Å². The Balaban J connectivity index is 1.51. The largest absolute Gasteiger partial charge is 0.459 e. The van der Waals surface area contributed by atoms with Gasteiger partial charge in [-0.15, -0.1) is 11.3 Å². The Kier molecular flexibility index (Phi) is 6.09. The molecule has 0 aliphatic heterocycles. The second-order valence-corrected chi connectivity index (χ2v) is 9.77. The minimum absolute atomic E-state index is 0.114. The molecule has 2 aromatic carbocycles. The zero-order valence-electron chi connectivity index (χ0n) is 16.7. The van der Waals surface area contributed by atoms with Crippen molar-refractivity contribution in [1.29, 1.82) is 0 Å². The van der Waals surface area contributed by atoms with Crippen LogP contribution in [0.3, 0.4) is 0 Å². The molecule has 170 valence electrons. The molecule has 0 radical (unpaired) electrons. The number of aromatic nitrogens is 1. The third-order valence-electron chi connectivity index (χ3n) is 4.61. The Labute approximate surface area is 190 Å². The zero-order chi connectivity index (χ0) is 23.6. The summed E-state index contributed by atoms with van der Waals surface area (Å²) in [5, 5.41) is 4.14. The number of hydrogen-bond acceptors (Lipinski definition) is 6. The van der Waals surface area contributed by atoms with Gasteiger partial charge in [0.15, 0.2) is 20.7 Å². The molecule has 4 rings (SSSR count). The average Bonchev–Trinajstić information content (AvgIpc) is 3.43. The number of nitrogens with zero attached hydrogens (tertiary/aromatic N) is 1. The van der Waals surface area contributed by atoms with Gasteiger partial charge < -0.3 is 4.42 Å². The number of sulfone groups is 1. The van der Waals surface area contributed by atoms with Crippen molar-refractivity contribution >= 4 is 32.2 Å². The number of halogens is 3. The van der Waals surface area contributed by atoms with E-state index < -0.39 is 33.2 Å². The number of rotatable bonds is 6. The molecule has 4 aromatic rings. The molecule has 6 nitrogen and oxygen atoms in total. The molecule has 0 aliphatic carbocycles. The van der Waals surface area contributed by atoms with Crippen LogP contribution in [0, 0.1) is 0 Å². The summed E-state index contributed by atoms with van der Waals surface area (Å²) >= 11 is 1.01. The summed E-state index contributed by atoms with van der Waals surface area (Å²) in [6, 6.07) is 13.9. The summed E-state index contributed by atoms with van der Waals surface area (Å²) in [5.41, 5.74) is -0.133. The number of furan rings is 1. The molecule has 0 saturated carbocycles. The quantitative estimate of drug-likeness (QED) is 0.376. The van der Waals surface area contributed by atoms with E-state index in [1.807, 2.05) is 0 Å².